The molecule has 0 aliphatic heterocycles. The molecule has 1 unspecified atom stereocenters. The summed E-state index contributed by atoms with van der Waals surface area (Å²) >= 11 is 0. The van der Waals surface area contributed by atoms with Gasteiger partial charge in [-0.05, 0) is 18.9 Å². The van der Waals surface area contributed by atoms with E-state index >= 15 is 0 Å². The molecule has 0 heterocycles. The topological polar surface area (TPSA) is 76.8 Å². The van der Waals surface area contributed by atoms with Gasteiger partial charge in [0.05, 0.1) is 9.95 Å². The summed E-state index contributed by atoms with van der Waals surface area (Å²) in [6.07, 6.45) is -0.933. The number of hydrogen-bond donors (Lipinski definition) is 2. The molecule has 0 fully saturated rings. The molecule has 0 spiro atoms. The first-order valence-electron chi connectivity index (χ1n) is 6.50. The van der Waals surface area contributed by atoms with E-state index in [0.29, 0.717) is 0 Å². The molecule has 1 aromatic carbocycles. The molecule has 0 saturated heterocycles. The van der Waals surface area contributed by atoms with Crippen LogP contribution in [-0.4, -0.2) is 18.3 Å². The van der Waals surface area contributed by atoms with Gasteiger partial charge in [0.2, 0.25) is 5.96 Å². The highest BCUT2D eigenvalue weighted by molar-refractivity contribution is 5.93. The van der Waals surface area contributed by atoms with Crippen LogP contribution in [0.1, 0.15) is 18.0 Å². The molecule has 0 amide bonds. The van der Waals surface area contributed by atoms with Gasteiger partial charge in [-0.2, -0.15) is 0 Å². The van der Waals surface area contributed by atoms with E-state index in [0.717, 1.165) is 0 Å². The molecule has 0 aromatic heterocycles. The van der Waals surface area contributed by atoms with Crippen molar-refractivity contribution in [3.8, 4) is 0 Å². The lowest BCUT2D eigenvalue weighted by Gasteiger charge is -1.97. The standard InChI is InChI=1S/C11H16N4/c1-9(12)15-11(13)14-8-7-10-5-3-2-4-6-10/h2-6H,7-8H2,1H3,(H4,12,13,14,15)/i3D,5D,6D,7D. The molecule has 15 heavy (non-hydrogen) atoms. The molecular formula is C11H16N4. The van der Waals surface area contributed by atoms with Gasteiger partial charge in [0, 0.05) is 7.92 Å². The van der Waals surface area contributed by atoms with Gasteiger partial charge in [-0.1, -0.05) is 30.3 Å². The predicted octanol–water partition coefficient (Wildman–Crippen LogP) is 0.921. The van der Waals surface area contributed by atoms with Crippen LogP contribution in [0.15, 0.2) is 40.2 Å². The Kier molecular flexibility index (Phi) is 2.55. The van der Waals surface area contributed by atoms with Crippen LogP contribution in [0.3, 0.4) is 0 Å². The van der Waals surface area contributed by atoms with Crippen LogP contribution in [0.5, 0.6) is 0 Å². The number of benzene rings is 1. The Labute approximate surface area is 95.3 Å². The first kappa shape index (κ1) is 6.61. The second kappa shape index (κ2) is 5.80. The van der Waals surface area contributed by atoms with Crippen LogP contribution < -0.4 is 11.5 Å². The zero-order chi connectivity index (χ0) is 14.6. The smallest absolute Gasteiger partial charge is 0.216 e. The second-order valence-electron chi connectivity index (χ2n) is 2.82. The van der Waals surface area contributed by atoms with E-state index in [4.69, 9.17) is 17.0 Å². The van der Waals surface area contributed by atoms with Crippen molar-refractivity contribution in [1.29, 1.82) is 0 Å². The normalized spacial score (nSPS) is 18.7. The maximum atomic E-state index is 7.90. The van der Waals surface area contributed by atoms with Crippen molar-refractivity contribution < 1.29 is 5.48 Å². The zero-order valence-corrected chi connectivity index (χ0v) is 8.49. The summed E-state index contributed by atoms with van der Waals surface area (Å²) in [5, 5.41) is 0. The largest absolute Gasteiger partial charge is 0.387 e. The van der Waals surface area contributed by atoms with Crippen LogP contribution in [0.25, 0.3) is 0 Å². The van der Waals surface area contributed by atoms with Gasteiger partial charge in [-0.15, -0.1) is 0 Å². The van der Waals surface area contributed by atoms with E-state index in [9.17, 15) is 0 Å². The lowest BCUT2D eigenvalue weighted by Crippen LogP contribution is -2.16. The van der Waals surface area contributed by atoms with Crippen LogP contribution in [-0.2, 0) is 6.40 Å². The summed E-state index contributed by atoms with van der Waals surface area (Å²) in [5.41, 5.74) is 11.0. The minimum atomic E-state index is -0.933. The molecule has 0 saturated carbocycles. The van der Waals surface area contributed by atoms with Crippen molar-refractivity contribution in [2.75, 3.05) is 6.54 Å². The van der Waals surface area contributed by atoms with E-state index in [-0.39, 0.29) is 42.0 Å². The molecule has 4 nitrogen and oxygen atoms in total. The number of nitrogens with two attached hydrogens (primary N) is 2. The van der Waals surface area contributed by atoms with Crippen LogP contribution in [0.4, 0.5) is 0 Å². The highest BCUT2D eigenvalue weighted by Gasteiger charge is 1.91. The quantitative estimate of drug-likeness (QED) is 0.572. The van der Waals surface area contributed by atoms with Gasteiger partial charge in [0.25, 0.3) is 0 Å². The molecule has 4 N–H and O–H groups in total. The highest BCUT2D eigenvalue weighted by Crippen LogP contribution is 1.99. The van der Waals surface area contributed by atoms with Gasteiger partial charge in [0.1, 0.15) is 0 Å². The summed E-state index contributed by atoms with van der Waals surface area (Å²) in [6, 6.07) is 2.66. The lowest BCUT2D eigenvalue weighted by molar-refractivity contribution is 0.962. The number of nitrogens with zero attached hydrogens (tertiary/aromatic N) is 2. The predicted molar refractivity (Wildman–Crippen MR) is 63.9 cm³/mol. The van der Waals surface area contributed by atoms with Gasteiger partial charge < -0.3 is 11.5 Å². The Hall–Kier alpha value is -1.84. The van der Waals surface area contributed by atoms with E-state index in [1.165, 1.54) is 12.1 Å². The third-order valence-electron chi connectivity index (χ3n) is 1.45. The maximum absolute atomic E-state index is 7.90. The Balaban J connectivity index is 2.94. The fourth-order valence-corrected chi connectivity index (χ4v) is 0.885. The van der Waals surface area contributed by atoms with E-state index < -0.39 is 6.40 Å². The molecule has 1 aromatic rings. The Morgan fingerprint density at radius 1 is 1.47 bits per heavy atom. The number of guanidine groups is 1. The first-order chi connectivity index (χ1) is 8.82. The average Bonchev–Trinajstić information content (AvgIpc) is 2.31. The van der Waals surface area contributed by atoms with Gasteiger partial charge in [-0.25, -0.2) is 4.99 Å². The summed E-state index contributed by atoms with van der Waals surface area (Å²) in [6.45, 7) is 1.53. The molecule has 80 valence electrons. The van der Waals surface area contributed by atoms with Crippen molar-refractivity contribution >= 4 is 11.8 Å². The molecule has 1 atom stereocenters. The molecule has 0 radical (unpaired) electrons. The van der Waals surface area contributed by atoms with Crippen LogP contribution in [0.2, 0.25) is 0 Å². The van der Waals surface area contributed by atoms with Crippen LogP contribution in [0, 0.1) is 0 Å². The maximum Gasteiger partial charge on any atom is 0.216 e. The highest BCUT2D eigenvalue weighted by atomic mass is 15.1. The summed E-state index contributed by atoms with van der Waals surface area (Å²) < 4.78 is 30.8. The van der Waals surface area contributed by atoms with Crippen molar-refractivity contribution in [3.63, 3.8) is 0 Å². The fraction of sp³-hybridized carbons (Fsp3) is 0.273. The third kappa shape index (κ3) is 4.81. The summed E-state index contributed by atoms with van der Waals surface area (Å²) in [5.74, 6) is 0.218. The van der Waals surface area contributed by atoms with E-state index in [1.54, 1.807) is 6.92 Å². The minimum Gasteiger partial charge on any atom is -0.387 e. The van der Waals surface area contributed by atoms with Gasteiger partial charge in [-0.3, -0.25) is 4.99 Å². The monoisotopic (exact) mass is 208 g/mol. The van der Waals surface area contributed by atoms with E-state index in [2.05, 4.69) is 9.98 Å². The number of rotatable bonds is 3. The minimum absolute atomic E-state index is 0.0176. The second-order valence-corrected chi connectivity index (χ2v) is 2.82. The van der Waals surface area contributed by atoms with Crippen LogP contribution >= 0.6 is 0 Å². The SMILES string of the molecule is [2H]c1ccc([2H])c(C([2H])CN=C(N)N=C(C)N)c1[2H]. The average molecular weight is 208 g/mol. The first-order valence-corrected chi connectivity index (χ1v) is 4.42. The molecule has 0 bridgehead atoms. The van der Waals surface area contributed by atoms with Crippen molar-refractivity contribution in [2.45, 2.75) is 13.3 Å². The number of hydrogen-bond acceptors (Lipinski definition) is 1. The van der Waals surface area contributed by atoms with Crippen molar-refractivity contribution in [2.24, 2.45) is 21.5 Å². The Morgan fingerprint density at radius 2 is 2.27 bits per heavy atom. The third-order valence-corrected chi connectivity index (χ3v) is 1.45. The lowest BCUT2D eigenvalue weighted by atomic mass is 10.2. The number of amidine groups is 1. The fourth-order valence-electron chi connectivity index (χ4n) is 0.885. The summed E-state index contributed by atoms with van der Waals surface area (Å²) in [7, 11) is 0. The zero-order valence-electron chi connectivity index (χ0n) is 12.5. The molecule has 0 aliphatic rings. The van der Waals surface area contributed by atoms with E-state index in [1.807, 2.05) is 0 Å². The molecule has 0 aliphatic carbocycles. The number of aliphatic imine (C=N–C) groups is 2. The van der Waals surface area contributed by atoms with Crippen molar-refractivity contribution in [3.05, 3.63) is 35.8 Å². The van der Waals surface area contributed by atoms with Gasteiger partial charge in [0.15, 0.2) is 0 Å². The Morgan fingerprint density at radius 3 is 3.00 bits per heavy atom. The Bertz CT molecular complexity index is 524. The molecular weight excluding hydrogens is 188 g/mol. The molecule has 1 rings (SSSR count). The van der Waals surface area contributed by atoms with Gasteiger partial charge >= 0.3 is 0 Å². The molecule has 4 heteroatoms. The van der Waals surface area contributed by atoms with Crippen molar-refractivity contribution in [1.82, 2.24) is 0 Å². The summed E-state index contributed by atoms with van der Waals surface area (Å²) in [4.78, 5) is 7.58.